The van der Waals surface area contributed by atoms with Crippen LogP contribution in [-0.2, 0) is 22.6 Å². The highest BCUT2D eigenvalue weighted by Gasteiger charge is 2.19. The first kappa shape index (κ1) is 21.6. The summed E-state index contributed by atoms with van der Waals surface area (Å²) in [6.07, 6.45) is 3.45. The molecule has 0 fully saturated rings. The number of halogens is 1. The lowest BCUT2D eigenvalue weighted by molar-refractivity contribution is -0.139. The number of nitrogens with one attached hydrogen (secondary N) is 1. The van der Waals surface area contributed by atoms with Crippen LogP contribution in [0.15, 0.2) is 54.7 Å². The number of nitrogens with zero attached hydrogens (tertiary/aromatic N) is 2. The van der Waals surface area contributed by atoms with Crippen molar-refractivity contribution in [3.8, 4) is 0 Å². The third kappa shape index (κ3) is 5.47. The van der Waals surface area contributed by atoms with Crippen LogP contribution >= 0.6 is 0 Å². The molecule has 6 heteroatoms. The summed E-state index contributed by atoms with van der Waals surface area (Å²) in [7, 11) is 0. The van der Waals surface area contributed by atoms with Crippen molar-refractivity contribution in [2.45, 2.75) is 33.2 Å². The molecule has 0 aliphatic heterocycles. The second kappa shape index (κ2) is 10.1. The number of hydrogen-bond acceptors (Lipinski definition) is 2. The number of carbonyl (C=O) groups excluding carboxylic acids is 2. The zero-order valence-electron chi connectivity index (χ0n) is 17.5. The van der Waals surface area contributed by atoms with Crippen LogP contribution in [0.2, 0.25) is 0 Å². The molecule has 0 saturated heterocycles. The average molecular weight is 410 g/mol. The lowest BCUT2D eigenvalue weighted by Crippen LogP contribution is -2.43. The molecule has 1 heterocycles. The second-order valence-electron chi connectivity index (χ2n) is 7.49. The molecule has 158 valence electrons. The van der Waals surface area contributed by atoms with Gasteiger partial charge >= 0.3 is 0 Å². The maximum atomic E-state index is 13.3. The fraction of sp³-hybridized carbons (Fsp3) is 0.333. The van der Waals surface area contributed by atoms with E-state index in [4.69, 9.17) is 0 Å². The van der Waals surface area contributed by atoms with Gasteiger partial charge in [0.05, 0.1) is 6.54 Å². The molecule has 1 aromatic heterocycles. The first-order valence-electron chi connectivity index (χ1n) is 10.3. The van der Waals surface area contributed by atoms with E-state index in [9.17, 15) is 14.0 Å². The van der Waals surface area contributed by atoms with Crippen LogP contribution in [0, 0.1) is 5.82 Å². The van der Waals surface area contributed by atoms with Crippen LogP contribution in [0.25, 0.3) is 10.9 Å². The Kier molecular flexibility index (Phi) is 7.22. The van der Waals surface area contributed by atoms with Crippen LogP contribution in [0.5, 0.6) is 0 Å². The molecule has 0 saturated carbocycles. The molecular weight excluding hydrogens is 381 g/mol. The molecule has 0 aliphatic carbocycles. The summed E-state index contributed by atoms with van der Waals surface area (Å²) in [5.74, 6) is -0.521. The number of rotatable bonds is 9. The Morgan fingerprint density at radius 3 is 2.43 bits per heavy atom. The highest BCUT2D eigenvalue weighted by Crippen LogP contribution is 2.19. The Labute approximate surface area is 176 Å². The highest BCUT2D eigenvalue weighted by atomic mass is 19.1. The van der Waals surface area contributed by atoms with Gasteiger partial charge in [-0.3, -0.25) is 9.59 Å². The molecule has 0 bridgehead atoms. The number of fused-ring (bicyclic) bond motifs is 1. The van der Waals surface area contributed by atoms with Crippen LogP contribution in [0.4, 0.5) is 4.39 Å². The van der Waals surface area contributed by atoms with Crippen molar-refractivity contribution in [1.29, 1.82) is 0 Å². The summed E-state index contributed by atoms with van der Waals surface area (Å²) in [6, 6.07) is 14.2. The predicted molar refractivity (Wildman–Crippen MR) is 116 cm³/mol. The number of carbonyl (C=O) groups is 2. The van der Waals surface area contributed by atoms with E-state index >= 15 is 0 Å². The van der Waals surface area contributed by atoms with E-state index < -0.39 is 0 Å². The second-order valence-corrected chi connectivity index (χ2v) is 7.49. The van der Waals surface area contributed by atoms with Crippen molar-refractivity contribution in [3.63, 3.8) is 0 Å². The van der Waals surface area contributed by atoms with Crippen LogP contribution in [-0.4, -0.2) is 46.2 Å². The van der Waals surface area contributed by atoms with E-state index in [-0.39, 0.29) is 24.2 Å². The van der Waals surface area contributed by atoms with Crippen molar-refractivity contribution in [2.75, 3.05) is 19.6 Å². The number of benzene rings is 2. The Bertz CT molecular complexity index is 997. The largest absolute Gasteiger partial charge is 0.361 e. The zero-order valence-corrected chi connectivity index (χ0v) is 17.5. The number of amides is 2. The minimum absolute atomic E-state index is 0.0538. The van der Waals surface area contributed by atoms with Crippen molar-refractivity contribution in [1.82, 2.24) is 14.8 Å². The quantitative estimate of drug-likeness (QED) is 0.578. The SMILES string of the molecule is CCCN(CC(=O)N(CCc1c[nH]c2ccccc12)Cc1ccc(F)cc1)C(C)=O. The Morgan fingerprint density at radius 1 is 1.00 bits per heavy atom. The van der Waals surface area contributed by atoms with Gasteiger partial charge in [-0.05, 0) is 42.2 Å². The lowest BCUT2D eigenvalue weighted by Gasteiger charge is -2.27. The van der Waals surface area contributed by atoms with Gasteiger partial charge in [-0.25, -0.2) is 4.39 Å². The molecule has 3 aromatic rings. The summed E-state index contributed by atoms with van der Waals surface area (Å²) in [5, 5.41) is 1.14. The molecule has 5 nitrogen and oxygen atoms in total. The number of hydrogen-bond donors (Lipinski definition) is 1. The number of para-hydroxylation sites is 1. The molecular formula is C24H28FN3O2. The summed E-state index contributed by atoms with van der Waals surface area (Å²) < 4.78 is 13.3. The van der Waals surface area contributed by atoms with E-state index in [1.54, 1.807) is 21.9 Å². The zero-order chi connectivity index (χ0) is 21.5. The highest BCUT2D eigenvalue weighted by molar-refractivity contribution is 5.84. The summed E-state index contributed by atoms with van der Waals surface area (Å²) in [6.45, 7) is 4.95. The topological polar surface area (TPSA) is 56.4 Å². The van der Waals surface area contributed by atoms with Crippen molar-refractivity contribution in [2.24, 2.45) is 0 Å². The first-order valence-corrected chi connectivity index (χ1v) is 10.3. The smallest absolute Gasteiger partial charge is 0.242 e. The molecule has 0 radical (unpaired) electrons. The molecule has 3 rings (SSSR count). The van der Waals surface area contributed by atoms with Gasteiger partial charge < -0.3 is 14.8 Å². The lowest BCUT2D eigenvalue weighted by atomic mass is 10.1. The van der Waals surface area contributed by atoms with Gasteiger partial charge in [0, 0.05) is 43.7 Å². The van der Waals surface area contributed by atoms with E-state index in [0.717, 1.165) is 28.5 Å². The molecule has 0 atom stereocenters. The molecule has 2 aromatic carbocycles. The van der Waals surface area contributed by atoms with E-state index in [1.165, 1.54) is 19.1 Å². The van der Waals surface area contributed by atoms with E-state index in [0.29, 0.717) is 26.1 Å². The number of H-pyrrole nitrogens is 1. The minimum Gasteiger partial charge on any atom is -0.361 e. The standard InChI is InChI=1S/C24H28FN3O2/c1-3-13-27(18(2)29)17-24(30)28(16-19-8-10-21(25)11-9-19)14-12-20-15-26-23-7-5-4-6-22(20)23/h4-11,15,26H,3,12-14,16-17H2,1-2H3. The Morgan fingerprint density at radius 2 is 1.73 bits per heavy atom. The van der Waals surface area contributed by atoms with Gasteiger partial charge in [-0.15, -0.1) is 0 Å². The third-order valence-electron chi connectivity index (χ3n) is 5.23. The normalized spacial score (nSPS) is 10.9. The first-order chi connectivity index (χ1) is 14.5. The minimum atomic E-state index is -0.305. The van der Waals surface area contributed by atoms with Gasteiger partial charge in [0.2, 0.25) is 11.8 Å². The number of aromatic nitrogens is 1. The average Bonchev–Trinajstić information content (AvgIpc) is 3.15. The van der Waals surface area contributed by atoms with Gasteiger partial charge in [-0.2, -0.15) is 0 Å². The summed E-state index contributed by atoms with van der Waals surface area (Å²) in [4.78, 5) is 31.6. The Balaban J connectivity index is 1.76. The van der Waals surface area contributed by atoms with Gasteiger partial charge in [0.25, 0.3) is 0 Å². The van der Waals surface area contributed by atoms with Crippen LogP contribution in [0.3, 0.4) is 0 Å². The van der Waals surface area contributed by atoms with E-state index in [1.807, 2.05) is 31.3 Å². The Hall–Kier alpha value is -3.15. The van der Waals surface area contributed by atoms with E-state index in [2.05, 4.69) is 11.1 Å². The number of aromatic amines is 1. The molecule has 0 spiro atoms. The van der Waals surface area contributed by atoms with Crippen LogP contribution < -0.4 is 0 Å². The van der Waals surface area contributed by atoms with Crippen molar-refractivity contribution >= 4 is 22.7 Å². The third-order valence-corrected chi connectivity index (χ3v) is 5.23. The van der Waals surface area contributed by atoms with Gasteiger partial charge in [0.15, 0.2) is 0 Å². The van der Waals surface area contributed by atoms with Crippen molar-refractivity contribution < 1.29 is 14.0 Å². The molecule has 1 N–H and O–H groups in total. The molecule has 2 amide bonds. The molecule has 0 aliphatic rings. The predicted octanol–water partition coefficient (Wildman–Crippen LogP) is 4.14. The maximum absolute atomic E-state index is 13.3. The molecule has 30 heavy (non-hydrogen) atoms. The fourth-order valence-electron chi connectivity index (χ4n) is 3.58. The fourth-order valence-corrected chi connectivity index (χ4v) is 3.58. The van der Waals surface area contributed by atoms with Crippen molar-refractivity contribution in [3.05, 3.63) is 71.7 Å². The van der Waals surface area contributed by atoms with Crippen LogP contribution in [0.1, 0.15) is 31.4 Å². The summed E-state index contributed by atoms with van der Waals surface area (Å²) in [5.41, 5.74) is 3.06. The summed E-state index contributed by atoms with van der Waals surface area (Å²) >= 11 is 0. The molecule has 0 unspecified atom stereocenters. The maximum Gasteiger partial charge on any atom is 0.242 e. The monoisotopic (exact) mass is 409 g/mol. The van der Waals surface area contributed by atoms with Gasteiger partial charge in [0.1, 0.15) is 5.82 Å². The van der Waals surface area contributed by atoms with Gasteiger partial charge in [-0.1, -0.05) is 37.3 Å².